The van der Waals surface area contributed by atoms with E-state index < -0.39 is 14.6 Å². The summed E-state index contributed by atoms with van der Waals surface area (Å²) in [6.45, 7) is 7.46. The maximum Gasteiger partial charge on any atom is 0.319 e. The Labute approximate surface area is 219 Å². The minimum Gasteiger partial charge on any atom is -0.377 e. The highest BCUT2D eigenvalue weighted by Crippen LogP contribution is 2.39. The van der Waals surface area contributed by atoms with Gasteiger partial charge in [0.25, 0.3) is 0 Å². The quantitative estimate of drug-likeness (QED) is 0.553. The summed E-state index contributed by atoms with van der Waals surface area (Å²) in [4.78, 5) is 24.0. The average Bonchev–Trinajstić information content (AvgIpc) is 3.50. The van der Waals surface area contributed by atoms with Gasteiger partial charge in [0, 0.05) is 29.9 Å². The van der Waals surface area contributed by atoms with E-state index in [4.69, 9.17) is 14.7 Å². The number of aromatic nitrogens is 2. The first-order valence-electron chi connectivity index (χ1n) is 13.3. The van der Waals surface area contributed by atoms with Crippen LogP contribution in [0.15, 0.2) is 30.3 Å². The number of carbonyl (C=O) groups excluding carboxylic acids is 1. The molecule has 0 unspecified atom stereocenters. The van der Waals surface area contributed by atoms with Crippen molar-refractivity contribution in [2.75, 3.05) is 30.0 Å². The Bertz CT molecular complexity index is 1240. The van der Waals surface area contributed by atoms with Crippen LogP contribution >= 0.6 is 0 Å². The number of sulfone groups is 1. The Morgan fingerprint density at radius 2 is 1.78 bits per heavy atom. The Kier molecular flexibility index (Phi) is 7.15. The number of ether oxygens (including phenoxy) is 1. The molecule has 2 aliphatic carbocycles. The van der Waals surface area contributed by atoms with E-state index in [1.807, 2.05) is 30.3 Å². The molecule has 2 saturated carbocycles. The first-order chi connectivity index (χ1) is 17.6. The molecule has 2 heterocycles. The molecular formula is C27H37N5O4S. The van der Waals surface area contributed by atoms with Crippen LogP contribution in [0.2, 0.25) is 0 Å². The van der Waals surface area contributed by atoms with Gasteiger partial charge >= 0.3 is 6.03 Å². The number of nitrogens with one attached hydrogen (secondary N) is 2. The van der Waals surface area contributed by atoms with E-state index in [0.29, 0.717) is 55.6 Å². The van der Waals surface area contributed by atoms with E-state index >= 15 is 0 Å². The van der Waals surface area contributed by atoms with Crippen LogP contribution in [0, 0.1) is 0 Å². The molecule has 2 N–H and O–H groups in total. The van der Waals surface area contributed by atoms with Crippen LogP contribution in [0.3, 0.4) is 0 Å². The molecule has 10 heteroatoms. The minimum absolute atomic E-state index is 0.107. The maximum atomic E-state index is 13.7. The number of carbonyl (C=O) groups is 1. The monoisotopic (exact) mass is 527 g/mol. The van der Waals surface area contributed by atoms with Crippen LogP contribution in [0.4, 0.5) is 16.3 Å². The molecule has 2 amide bonds. The number of rotatable bonds is 7. The Hall–Kier alpha value is -2.72. The van der Waals surface area contributed by atoms with Crippen LogP contribution in [0.5, 0.6) is 0 Å². The van der Waals surface area contributed by atoms with Gasteiger partial charge in [-0.05, 0) is 70.7 Å². The maximum absolute atomic E-state index is 13.7. The van der Waals surface area contributed by atoms with Crippen LogP contribution in [0.25, 0.3) is 11.4 Å². The molecule has 5 rings (SSSR count). The number of hydrogen-bond acceptors (Lipinski definition) is 7. The number of hydrogen-bond donors (Lipinski definition) is 2. The normalized spacial score (nSPS) is 21.2. The zero-order chi connectivity index (χ0) is 26.2. The number of morpholine rings is 1. The summed E-state index contributed by atoms with van der Waals surface area (Å²) in [5.41, 5.74) is 1.93. The second-order valence-corrected chi connectivity index (χ2v) is 13.7. The summed E-state index contributed by atoms with van der Waals surface area (Å²) >= 11 is 0. The topological polar surface area (TPSA) is 114 Å². The number of anilines is 2. The molecule has 0 radical (unpaired) electrons. The van der Waals surface area contributed by atoms with Gasteiger partial charge < -0.3 is 20.3 Å². The Morgan fingerprint density at radius 1 is 1.08 bits per heavy atom. The zero-order valence-corrected chi connectivity index (χ0v) is 22.7. The van der Waals surface area contributed by atoms with Gasteiger partial charge in [-0.15, -0.1) is 0 Å². The molecule has 3 aliphatic rings. The standard InChI is InChI=1S/C27H37N5O4S/c1-18-17-36-15-14-32(18)24-16-23(27(2,3)37(34,35)22-6-4-5-7-22)30-25(31-24)19-8-10-20(11-9-19)28-26(33)29-21-12-13-21/h8-11,16,18,21-22H,4-7,12-15,17H2,1-3H3,(H2,28,29,33)/t18-/m0/s1. The van der Waals surface area contributed by atoms with Crippen LogP contribution < -0.4 is 15.5 Å². The van der Waals surface area contributed by atoms with Crippen LogP contribution in [0.1, 0.15) is 65.0 Å². The van der Waals surface area contributed by atoms with Gasteiger partial charge in [-0.25, -0.2) is 23.2 Å². The van der Waals surface area contributed by atoms with Crippen molar-refractivity contribution in [1.82, 2.24) is 15.3 Å². The fraction of sp³-hybridized carbons (Fsp3) is 0.593. The van der Waals surface area contributed by atoms with Gasteiger partial charge in [-0.1, -0.05) is 12.8 Å². The van der Waals surface area contributed by atoms with Gasteiger partial charge in [0.1, 0.15) is 10.6 Å². The molecule has 1 atom stereocenters. The van der Waals surface area contributed by atoms with Gasteiger partial charge in [0.05, 0.1) is 30.2 Å². The second-order valence-electron chi connectivity index (χ2n) is 11.0. The van der Waals surface area contributed by atoms with Crippen molar-refractivity contribution in [3.05, 3.63) is 36.0 Å². The summed E-state index contributed by atoms with van der Waals surface area (Å²) < 4.78 is 31.9. The first-order valence-corrected chi connectivity index (χ1v) is 14.8. The smallest absolute Gasteiger partial charge is 0.319 e. The van der Waals surface area contributed by atoms with Crippen molar-refractivity contribution in [1.29, 1.82) is 0 Å². The predicted molar refractivity (Wildman–Crippen MR) is 144 cm³/mol. The third kappa shape index (κ3) is 5.45. The lowest BCUT2D eigenvalue weighted by molar-refractivity contribution is 0.0985. The van der Waals surface area contributed by atoms with E-state index in [9.17, 15) is 13.2 Å². The number of nitrogens with zero attached hydrogens (tertiary/aromatic N) is 3. The van der Waals surface area contributed by atoms with Crippen molar-refractivity contribution in [2.24, 2.45) is 0 Å². The fourth-order valence-electron chi connectivity index (χ4n) is 5.13. The Morgan fingerprint density at radius 3 is 2.43 bits per heavy atom. The van der Waals surface area contributed by atoms with Crippen molar-refractivity contribution in [3.8, 4) is 11.4 Å². The average molecular weight is 528 g/mol. The zero-order valence-electron chi connectivity index (χ0n) is 21.9. The summed E-state index contributed by atoms with van der Waals surface area (Å²) in [7, 11) is -3.46. The molecule has 1 aromatic heterocycles. The van der Waals surface area contributed by atoms with Crippen molar-refractivity contribution < 1.29 is 17.9 Å². The fourth-order valence-corrected chi connectivity index (χ4v) is 7.31. The van der Waals surface area contributed by atoms with Crippen LogP contribution in [-0.4, -0.2) is 61.5 Å². The van der Waals surface area contributed by atoms with E-state index in [-0.39, 0.29) is 23.4 Å². The van der Waals surface area contributed by atoms with E-state index in [0.717, 1.165) is 31.2 Å². The van der Waals surface area contributed by atoms with Crippen molar-refractivity contribution in [3.63, 3.8) is 0 Å². The molecule has 2 aromatic rings. The van der Waals surface area contributed by atoms with Gasteiger partial charge in [0.15, 0.2) is 15.7 Å². The first kappa shape index (κ1) is 25.9. The van der Waals surface area contributed by atoms with E-state index in [1.54, 1.807) is 13.8 Å². The number of benzene rings is 1. The summed E-state index contributed by atoms with van der Waals surface area (Å²) in [5, 5.41) is 5.43. The molecule has 0 bridgehead atoms. The molecular weight excluding hydrogens is 490 g/mol. The second kappa shape index (κ2) is 10.2. The minimum atomic E-state index is -3.46. The predicted octanol–water partition coefficient (Wildman–Crippen LogP) is 4.25. The number of urea groups is 1. The van der Waals surface area contributed by atoms with Crippen LogP contribution in [-0.2, 0) is 19.3 Å². The third-order valence-corrected chi connectivity index (χ3v) is 10.7. The molecule has 9 nitrogen and oxygen atoms in total. The lowest BCUT2D eigenvalue weighted by atomic mass is 10.1. The number of amides is 2. The lowest BCUT2D eigenvalue weighted by Crippen LogP contribution is -2.44. The highest BCUT2D eigenvalue weighted by Gasteiger charge is 2.44. The van der Waals surface area contributed by atoms with Crippen molar-refractivity contribution >= 4 is 27.4 Å². The van der Waals surface area contributed by atoms with E-state index in [1.165, 1.54) is 0 Å². The Balaban J connectivity index is 1.49. The summed E-state index contributed by atoms with van der Waals surface area (Å²) in [6.07, 6.45) is 5.36. The molecule has 3 fully saturated rings. The van der Waals surface area contributed by atoms with Gasteiger partial charge in [-0.3, -0.25) is 0 Å². The lowest BCUT2D eigenvalue weighted by Gasteiger charge is -2.35. The SMILES string of the molecule is C[C@H]1COCCN1c1cc(C(C)(C)S(=O)(=O)C2CCCC2)nc(-c2ccc(NC(=O)NC3CC3)cc2)n1. The molecule has 0 spiro atoms. The van der Waals surface area contributed by atoms with Gasteiger partial charge in [0.2, 0.25) is 0 Å². The molecule has 1 aromatic carbocycles. The largest absolute Gasteiger partial charge is 0.377 e. The molecule has 1 aliphatic heterocycles. The molecule has 200 valence electrons. The highest BCUT2D eigenvalue weighted by atomic mass is 32.2. The molecule has 37 heavy (non-hydrogen) atoms. The summed E-state index contributed by atoms with van der Waals surface area (Å²) in [6, 6.07) is 9.36. The molecule has 1 saturated heterocycles. The van der Waals surface area contributed by atoms with Crippen molar-refractivity contribution in [2.45, 2.75) is 81.4 Å². The highest BCUT2D eigenvalue weighted by molar-refractivity contribution is 7.92. The van der Waals surface area contributed by atoms with Gasteiger partial charge in [-0.2, -0.15) is 0 Å². The third-order valence-electron chi connectivity index (χ3n) is 7.76. The summed E-state index contributed by atoms with van der Waals surface area (Å²) in [5.74, 6) is 1.17. The van der Waals surface area contributed by atoms with E-state index in [2.05, 4.69) is 22.5 Å².